The summed E-state index contributed by atoms with van der Waals surface area (Å²) < 4.78 is 2.05. The highest BCUT2D eigenvalue weighted by atomic mass is 32.1. The highest BCUT2D eigenvalue weighted by Crippen LogP contribution is 2.37. The molecule has 1 aliphatic heterocycles. The monoisotopic (exact) mass is 332 g/mol. The molecule has 2 aromatic heterocycles. The number of rotatable bonds is 6. The van der Waals surface area contributed by atoms with E-state index in [4.69, 9.17) is 5.73 Å². The summed E-state index contributed by atoms with van der Waals surface area (Å²) in [6.45, 7) is 7.23. The molecule has 0 radical (unpaired) electrons. The van der Waals surface area contributed by atoms with E-state index < -0.39 is 0 Å². The Morgan fingerprint density at radius 1 is 1.48 bits per heavy atom. The lowest BCUT2D eigenvalue weighted by Gasteiger charge is -2.23. The van der Waals surface area contributed by atoms with E-state index in [0.717, 1.165) is 38.2 Å². The first-order valence-corrected chi connectivity index (χ1v) is 9.06. The summed E-state index contributed by atoms with van der Waals surface area (Å²) in [5.41, 5.74) is 7.80. The zero-order valence-corrected chi connectivity index (χ0v) is 14.6. The van der Waals surface area contributed by atoms with Crippen molar-refractivity contribution in [1.29, 1.82) is 0 Å². The quantitative estimate of drug-likeness (QED) is 0.884. The van der Waals surface area contributed by atoms with Crippen molar-refractivity contribution in [3.05, 3.63) is 39.3 Å². The second kappa shape index (κ2) is 6.84. The molecule has 0 unspecified atom stereocenters. The van der Waals surface area contributed by atoms with Gasteiger partial charge in [-0.3, -0.25) is 14.4 Å². The number of nitrogens with two attached hydrogens (primary N) is 1. The summed E-state index contributed by atoms with van der Waals surface area (Å²) >= 11 is 1.53. The minimum absolute atomic E-state index is 0.331. The van der Waals surface area contributed by atoms with Crippen LogP contribution in [0.4, 0.5) is 0 Å². The number of hydrogen-bond donors (Lipinski definition) is 1. The van der Waals surface area contributed by atoms with Crippen LogP contribution in [0.2, 0.25) is 0 Å². The Hall–Kier alpha value is -1.66. The van der Waals surface area contributed by atoms with Crippen LogP contribution in [-0.4, -0.2) is 27.1 Å². The van der Waals surface area contributed by atoms with Crippen LogP contribution < -0.4 is 5.73 Å². The maximum atomic E-state index is 11.3. The van der Waals surface area contributed by atoms with Gasteiger partial charge in [-0.15, -0.1) is 11.3 Å². The fourth-order valence-corrected chi connectivity index (χ4v) is 4.31. The third-order valence-corrected chi connectivity index (χ3v) is 5.64. The van der Waals surface area contributed by atoms with Gasteiger partial charge < -0.3 is 5.73 Å². The molecule has 1 amide bonds. The average molecular weight is 332 g/mol. The fourth-order valence-electron chi connectivity index (χ4n) is 3.28. The van der Waals surface area contributed by atoms with Gasteiger partial charge in [0.25, 0.3) is 5.91 Å². The van der Waals surface area contributed by atoms with Gasteiger partial charge in [0.15, 0.2) is 0 Å². The van der Waals surface area contributed by atoms with Crippen LogP contribution in [0.3, 0.4) is 0 Å². The summed E-state index contributed by atoms with van der Waals surface area (Å²) in [4.78, 5) is 15.7. The Morgan fingerprint density at radius 3 is 3.00 bits per heavy atom. The second-order valence-corrected chi connectivity index (χ2v) is 7.31. The second-order valence-electron chi connectivity index (χ2n) is 6.20. The van der Waals surface area contributed by atoms with Gasteiger partial charge in [0.2, 0.25) is 0 Å². The SMILES string of the molecule is CCCn1cc(CN2CCC[C@H]2c2ccc(C(N)=O)s2)c(C)n1. The smallest absolute Gasteiger partial charge is 0.258 e. The largest absolute Gasteiger partial charge is 0.365 e. The Labute approximate surface area is 141 Å². The van der Waals surface area contributed by atoms with Crippen molar-refractivity contribution in [1.82, 2.24) is 14.7 Å². The molecule has 3 heterocycles. The van der Waals surface area contributed by atoms with Crippen LogP contribution in [0.25, 0.3) is 0 Å². The molecule has 2 aromatic rings. The highest BCUT2D eigenvalue weighted by Gasteiger charge is 2.28. The first-order chi connectivity index (χ1) is 11.1. The minimum Gasteiger partial charge on any atom is -0.365 e. The predicted octanol–water partition coefficient (Wildman–Crippen LogP) is 3.10. The normalized spacial score (nSPS) is 18.6. The number of aryl methyl sites for hydroxylation is 2. The van der Waals surface area contributed by atoms with Crippen LogP contribution in [-0.2, 0) is 13.1 Å². The molecule has 6 heteroatoms. The average Bonchev–Trinajstić information content (AvgIpc) is 3.20. The summed E-state index contributed by atoms with van der Waals surface area (Å²) in [5, 5.41) is 4.60. The Kier molecular flexibility index (Phi) is 4.82. The molecular formula is C17H24N4OS. The standard InChI is InChI=1S/C17H24N4OS/c1-3-8-21-11-13(12(2)19-21)10-20-9-4-5-14(20)15-6-7-16(23-15)17(18)22/h6-7,11,14H,3-5,8-10H2,1-2H3,(H2,18,22)/t14-/m0/s1. The number of carbonyl (C=O) groups is 1. The molecule has 0 bridgehead atoms. The van der Waals surface area contributed by atoms with Gasteiger partial charge >= 0.3 is 0 Å². The summed E-state index contributed by atoms with van der Waals surface area (Å²) in [6, 6.07) is 4.30. The van der Waals surface area contributed by atoms with Crippen molar-refractivity contribution < 1.29 is 4.79 Å². The summed E-state index contributed by atoms with van der Waals surface area (Å²) in [6.07, 6.45) is 5.60. The minimum atomic E-state index is -0.331. The first-order valence-electron chi connectivity index (χ1n) is 8.25. The molecular weight excluding hydrogens is 308 g/mol. The van der Waals surface area contributed by atoms with Crippen LogP contribution in [0.15, 0.2) is 18.3 Å². The van der Waals surface area contributed by atoms with Crippen LogP contribution >= 0.6 is 11.3 Å². The number of hydrogen-bond acceptors (Lipinski definition) is 4. The molecule has 23 heavy (non-hydrogen) atoms. The number of likely N-dealkylation sites (tertiary alicyclic amines) is 1. The van der Waals surface area contributed by atoms with Crippen molar-refractivity contribution in [3.8, 4) is 0 Å². The third-order valence-electron chi connectivity index (χ3n) is 4.44. The van der Waals surface area contributed by atoms with Gasteiger partial charge in [-0.2, -0.15) is 5.10 Å². The third kappa shape index (κ3) is 3.48. The van der Waals surface area contributed by atoms with Gasteiger partial charge in [-0.05, 0) is 44.9 Å². The van der Waals surface area contributed by atoms with E-state index >= 15 is 0 Å². The lowest BCUT2D eigenvalue weighted by molar-refractivity contribution is 0.100. The molecule has 5 nitrogen and oxygen atoms in total. The molecule has 1 saturated heterocycles. The predicted molar refractivity (Wildman–Crippen MR) is 92.5 cm³/mol. The van der Waals surface area contributed by atoms with E-state index in [1.807, 2.05) is 10.7 Å². The summed E-state index contributed by atoms with van der Waals surface area (Å²) in [7, 11) is 0. The Morgan fingerprint density at radius 2 is 2.30 bits per heavy atom. The number of primary amides is 1. The van der Waals surface area contributed by atoms with E-state index in [1.165, 1.54) is 28.2 Å². The van der Waals surface area contributed by atoms with E-state index in [0.29, 0.717) is 10.9 Å². The number of nitrogens with zero attached hydrogens (tertiary/aromatic N) is 3. The van der Waals surface area contributed by atoms with Crippen molar-refractivity contribution in [2.75, 3.05) is 6.54 Å². The Balaban J connectivity index is 1.75. The Bertz CT molecular complexity index is 691. The van der Waals surface area contributed by atoms with Gasteiger partial charge in [0.1, 0.15) is 0 Å². The topological polar surface area (TPSA) is 64.2 Å². The van der Waals surface area contributed by atoms with Crippen molar-refractivity contribution >= 4 is 17.2 Å². The summed E-state index contributed by atoms with van der Waals surface area (Å²) in [5.74, 6) is -0.331. The number of amides is 1. The molecule has 124 valence electrons. The lowest BCUT2D eigenvalue weighted by atomic mass is 10.1. The molecule has 0 spiro atoms. The van der Waals surface area contributed by atoms with E-state index in [1.54, 1.807) is 0 Å². The van der Waals surface area contributed by atoms with Crippen LogP contribution in [0, 0.1) is 6.92 Å². The van der Waals surface area contributed by atoms with Crippen molar-refractivity contribution in [2.24, 2.45) is 5.73 Å². The molecule has 3 rings (SSSR count). The van der Waals surface area contributed by atoms with Gasteiger partial charge in [0.05, 0.1) is 10.6 Å². The number of carbonyl (C=O) groups excluding carboxylic acids is 1. The zero-order valence-electron chi connectivity index (χ0n) is 13.8. The van der Waals surface area contributed by atoms with Crippen LogP contribution in [0.1, 0.15) is 58.0 Å². The van der Waals surface area contributed by atoms with E-state index in [9.17, 15) is 4.79 Å². The van der Waals surface area contributed by atoms with Gasteiger partial charge in [-0.1, -0.05) is 6.92 Å². The molecule has 0 saturated carbocycles. The van der Waals surface area contributed by atoms with Gasteiger partial charge in [-0.25, -0.2) is 0 Å². The van der Waals surface area contributed by atoms with E-state index in [2.05, 4.69) is 36.1 Å². The molecule has 0 aromatic carbocycles. The molecule has 2 N–H and O–H groups in total. The maximum absolute atomic E-state index is 11.3. The zero-order chi connectivity index (χ0) is 16.4. The van der Waals surface area contributed by atoms with Crippen LogP contribution in [0.5, 0.6) is 0 Å². The fraction of sp³-hybridized carbons (Fsp3) is 0.529. The molecule has 1 aliphatic rings. The van der Waals surface area contributed by atoms with E-state index in [-0.39, 0.29) is 5.91 Å². The van der Waals surface area contributed by atoms with Crippen molar-refractivity contribution in [2.45, 2.75) is 52.2 Å². The number of aromatic nitrogens is 2. The number of thiophene rings is 1. The molecule has 1 atom stereocenters. The maximum Gasteiger partial charge on any atom is 0.258 e. The highest BCUT2D eigenvalue weighted by molar-refractivity contribution is 7.14. The lowest BCUT2D eigenvalue weighted by Crippen LogP contribution is -2.22. The van der Waals surface area contributed by atoms with Crippen molar-refractivity contribution in [3.63, 3.8) is 0 Å². The molecule has 0 aliphatic carbocycles. The van der Waals surface area contributed by atoms with Gasteiger partial charge in [0, 0.05) is 35.8 Å². The first kappa shape index (κ1) is 16.2. The molecule has 1 fully saturated rings.